The molecule has 1 saturated heterocycles. The average molecular weight is 417 g/mol. The summed E-state index contributed by atoms with van der Waals surface area (Å²) in [7, 11) is -3.47. The van der Waals surface area contributed by atoms with Crippen molar-refractivity contribution in [3.63, 3.8) is 0 Å². The van der Waals surface area contributed by atoms with E-state index in [1.54, 1.807) is 40.9 Å². The van der Waals surface area contributed by atoms with Crippen LogP contribution in [0.15, 0.2) is 21.7 Å². The summed E-state index contributed by atoms with van der Waals surface area (Å²) in [4.78, 5) is 14.5. The molecular weight excluding hydrogens is 396 g/mol. The van der Waals surface area contributed by atoms with E-state index in [4.69, 9.17) is 11.6 Å². The predicted octanol–water partition coefficient (Wildman–Crippen LogP) is 2.31. The second-order valence-electron chi connectivity index (χ2n) is 6.27. The molecule has 7 nitrogen and oxygen atoms in total. The molecule has 0 radical (unpaired) electrons. The Balaban J connectivity index is 1.68. The fourth-order valence-corrected chi connectivity index (χ4v) is 5.77. The number of piperazine rings is 1. The van der Waals surface area contributed by atoms with E-state index >= 15 is 0 Å². The van der Waals surface area contributed by atoms with Crippen molar-refractivity contribution < 1.29 is 13.2 Å². The zero-order valence-electron chi connectivity index (χ0n) is 14.8. The van der Waals surface area contributed by atoms with E-state index < -0.39 is 16.1 Å². The Bertz CT molecular complexity index is 900. The zero-order chi connectivity index (χ0) is 19.1. The Morgan fingerprint density at radius 1 is 1.27 bits per heavy atom. The number of hydrogen-bond donors (Lipinski definition) is 0. The highest BCUT2D eigenvalue weighted by Crippen LogP contribution is 2.25. The third-order valence-electron chi connectivity index (χ3n) is 4.60. The Hall–Kier alpha value is -1.42. The number of sulfonamides is 1. The molecule has 142 valence electrons. The van der Waals surface area contributed by atoms with Gasteiger partial charge in [0.05, 0.1) is 16.4 Å². The summed E-state index contributed by atoms with van der Waals surface area (Å²) in [6.07, 6.45) is 0. The van der Waals surface area contributed by atoms with Crippen molar-refractivity contribution in [3.05, 3.63) is 33.9 Å². The van der Waals surface area contributed by atoms with Gasteiger partial charge in [-0.15, -0.1) is 11.3 Å². The topological polar surface area (TPSA) is 75.5 Å². The van der Waals surface area contributed by atoms with E-state index in [-0.39, 0.29) is 19.0 Å². The first-order valence-electron chi connectivity index (χ1n) is 8.27. The van der Waals surface area contributed by atoms with Crippen molar-refractivity contribution in [1.82, 2.24) is 19.0 Å². The third kappa shape index (κ3) is 3.40. The van der Waals surface area contributed by atoms with Gasteiger partial charge in [-0.3, -0.25) is 9.48 Å². The lowest BCUT2D eigenvalue weighted by atomic mass is 10.2. The van der Waals surface area contributed by atoms with Crippen molar-refractivity contribution >= 4 is 38.9 Å². The highest BCUT2D eigenvalue weighted by molar-refractivity contribution is 7.91. The molecule has 2 aromatic rings. The van der Waals surface area contributed by atoms with Crippen LogP contribution >= 0.6 is 22.9 Å². The number of aromatic nitrogens is 2. The second kappa shape index (κ2) is 7.30. The Kier molecular flexibility index (Phi) is 5.43. The molecule has 0 spiro atoms. The zero-order valence-corrected chi connectivity index (χ0v) is 17.2. The van der Waals surface area contributed by atoms with Gasteiger partial charge in [0.2, 0.25) is 5.91 Å². The SMILES string of the molecule is Cc1nn(C(C)C(=O)N2CCN(S(=O)(=O)c3cccs3)CC2)c(C)c1Cl. The minimum absolute atomic E-state index is 0.0829. The van der Waals surface area contributed by atoms with Crippen LogP contribution < -0.4 is 0 Å². The number of rotatable bonds is 4. The Morgan fingerprint density at radius 2 is 1.92 bits per heavy atom. The van der Waals surface area contributed by atoms with Crippen LogP contribution in [0.4, 0.5) is 0 Å². The number of carbonyl (C=O) groups excluding carboxylic acids is 1. The largest absolute Gasteiger partial charge is 0.338 e. The summed E-state index contributed by atoms with van der Waals surface area (Å²) in [6.45, 7) is 6.72. The monoisotopic (exact) mass is 416 g/mol. The molecule has 26 heavy (non-hydrogen) atoms. The quantitative estimate of drug-likeness (QED) is 0.766. The number of hydrogen-bond acceptors (Lipinski definition) is 5. The Labute approximate surface area is 162 Å². The standard InChI is InChI=1S/C16H21ClN4O3S2/c1-11-15(17)12(2)21(18-11)13(3)16(22)19-6-8-20(9-7-19)26(23,24)14-5-4-10-25-14/h4-5,10,13H,6-9H2,1-3H3. The van der Waals surface area contributed by atoms with E-state index in [1.165, 1.54) is 15.6 Å². The predicted molar refractivity (Wildman–Crippen MR) is 101 cm³/mol. The molecule has 0 saturated carbocycles. The van der Waals surface area contributed by atoms with Gasteiger partial charge in [-0.2, -0.15) is 9.40 Å². The number of halogens is 1. The number of amides is 1. The second-order valence-corrected chi connectivity index (χ2v) is 9.76. The lowest BCUT2D eigenvalue weighted by Gasteiger charge is -2.35. The van der Waals surface area contributed by atoms with Gasteiger partial charge in [0, 0.05) is 26.2 Å². The van der Waals surface area contributed by atoms with Gasteiger partial charge in [0.1, 0.15) is 10.3 Å². The van der Waals surface area contributed by atoms with Gasteiger partial charge in [0.15, 0.2) is 0 Å². The molecule has 1 fully saturated rings. The van der Waals surface area contributed by atoms with Crippen LogP contribution in [0.2, 0.25) is 5.02 Å². The molecule has 1 atom stereocenters. The highest BCUT2D eigenvalue weighted by atomic mass is 35.5. The maximum absolute atomic E-state index is 12.8. The van der Waals surface area contributed by atoms with Crippen molar-refractivity contribution in [3.8, 4) is 0 Å². The van der Waals surface area contributed by atoms with Gasteiger partial charge in [0.25, 0.3) is 10.0 Å². The van der Waals surface area contributed by atoms with E-state index in [2.05, 4.69) is 5.10 Å². The molecule has 0 bridgehead atoms. The van der Waals surface area contributed by atoms with Crippen LogP contribution in [0.1, 0.15) is 24.4 Å². The van der Waals surface area contributed by atoms with Crippen molar-refractivity contribution in [2.75, 3.05) is 26.2 Å². The minimum Gasteiger partial charge on any atom is -0.338 e. The molecule has 10 heteroatoms. The first-order chi connectivity index (χ1) is 12.2. The van der Waals surface area contributed by atoms with Crippen molar-refractivity contribution in [2.45, 2.75) is 31.0 Å². The molecule has 1 aliphatic heterocycles. The maximum Gasteiger partial charge on any atom is 0.252 e. The van der Waals surface area contributed by atoms with E-state index in [1.807, 2.05) is 6.92 Å². The molecule has 2 aromatic heterocycles. The Morgan fingerprint density at radius 3 is 2.42 bits per heavy atom. The van der Waals surface area contributed by atoms with Gasteiger partial charge in [-0.1, -0.05) is 17.7 Å². The minimum atomic E-state index is -3.47. The maximum atomic E-state index is 12.8. The molecule has 1 unspecified atom stereocenters. The molecule has 0 N–H and O–H groups in total. The van der Waals surface area contributed by atoms with Gasteiger partial charge < -0.3 is 4.90 Å². The molecule has 3 heterocycles. The average Bonchev–Trinajstić information content (AvgIpc) is 3.26. The van der Waals surface area contributed by atoms with Crippen LogP contribution in [-0.4, -0.2) is 59.5 Å². The molecule has 1 amide bonds. The van der Waals surface area contributed by atoms with Crippen LogP contribution in [0.3, 0.4) is 0 Å². The summed E-state index contributed by atoms with van der Waals surface area (Å²) < 4.78 is 28.5. The summed E-state index contributed by atoms with van der Waals surface area (Å²) in [5.74, 6) is -0.0829. The van der Waals surface area contributed by atoms with Crippen LogP contribution in [-0.2, 0) is 14.8 Å². The molecule has 1 aliphatic rings. The number of thiophene rings is 1. The van der Waals surface area contributed by atoms with Gasteiger partial charge >= 0.3 is 0 Å². The third-order valence-corrected chi connectivity index (χ3v) is 8.42. The molecule has 0 aromatic carbocycles. The summed E-state index contributed by atoms with van der Waals surface area (Å²) in [5.41, 5.74) is 1.44. The summed E-state index contributed by atoms with van der Waals surface area (Å²) >= 11 is 7.37. The van der Waals surface area contributed by atoms with E-state index in [0.717, 1.165) is 5.69 Å². The number of aryl methyl sites for hydroxylation is 1. The smallest absolute Gasteiger partial charge is 0.252 e. The number of nitrogens with zero attached hydrogens (tertiary/aromatic N) is 4. The van der Waals surface area contributed by atoms with E-state index in [9.17, 15) is 13.2 Å². The van der Waals surface area contributed by atoms with Gasteiger partial charge in [-0.25, -0.2) is 8.42 Å². The summed E-state index contributed by atoms with van der Waals surface area (Å²) in [5, 5.41) is 6.66. The van der Waals surface area contributed by atoms with Crippen molar-refractivity contribution in [1.29, 1.82) is 0 Å². The first-order valence-corrected chi connectivity index (χ1v) is 11.0. The fraction of sp³-hybridized carbons (Fsp3) is 0.500. The number of carbonyl (C=O) groups is 1. The fourth-order valence-electron chi connectivity index (χ4n) is 3.08. The van der Waals surface area contributed by atoms with Crippen LogP contribution in [0.25, 0.3) is 0 Å². The van der Waals surface area contributed by atoms with Crippen LogP contribution in [0, 0.1) is 13.8 Å². The van der Waals surface area contributed by atoms with Crippen molar-refractivity contribution in [2.24, 2.45) is 0 Å². The molecule has 3 rings (SSSR count). The molecule has 0 aliphatic carbocycles. The van der Waals surface area contributed by atoms with Crippen LogP contribution in [0.5, 0.6) is 0 Å². The van der Waals surface area contributed by atoms with Gasteiger partial charge in [-0.05, 0) is 32.2 Å². The lowest BCUT2D eigenvalue weighted by Crippen LogP contribution is -2.51. The van der Waals surface area contributed by atoms with E-state index in [0.29, 0.717) is 28.0 Å². The highest BCUT2D eigenvalue weighted by Gasteiger charge is 2.33. The lowest BCUT2D eigenvalue weighted by molar-refractivity contribution is -0.135. The summed E-state index contributed by atoms with van der Waals surface area (Å²) in [6, 6.07) is 2.84. The molecular formula is C16H21ClN4O3S2. The first kappa shape index (κ1) is 19.3. The normalized spacial score (nSPS) is 17.5.